The summed E-state index contributed by atoms with van der Waals surface area (Å²) in [6.45, 7) is 1.78. The number of hydrogen-bond donors (Lipinski definition) is 0. The fourth-order valence-electron chi connectivity index (χ4n) is 2.59. The zero-order chi connectivity index (χ0) is 18.8. The quantitative estimate of drug-likeness (QED) is 0.703. The van der Waals surface area contributed by atoms with Crippen LogP contribution in [0.25, 0.3) is 6.08 Å². The summed E-state index contributed by atoms with van der Waals surface area (Å²) in [6, 6.07) is 10.4. The van der Waals surface area contributed by atoms with E-state index in [9.17, 15) is 4.79 Å². The normalized spacial score (nSPS) is 15.4. The van der Waals surface area contributed by atoms with Crippen LogP contribution < -0.4 is 14.5 Å². The van der Waals surface area contributed by atoms with Gasteiger partial charge in [-0.1, -0.05) is 29.3 Å². The summed E-state index contributed by atoms with van der Waals surface area (Å²) in [7, 11) is 3.14. The molecule has 0 aromatic heterocycles. The molecule has 0 atom stereocenters. The molecule has 0 unspecified atom stereocenters. The number of rotatable bonds is 4. The highest BCUT2D eigenvalue weighted by molar-refractivity contribution is 6.42. The van der Waals surface area contributed by atoms with Crippen LogP contribution >= 0.6 is 23.2 Å². The lowest BCUT2D eigenvalue weighted by molar-refractivity contribution is -0.114. The number of carbonyl (C=O) groups is 1. The van der Waals surface area contributed by atoms with Crippen molar-refractivity contribution in [2.45, 2.75) is 6.92 Å². The van der Waals surface area contributed by atoms with Gasteiger partial charge in [-0.15, -0.1) is 0 Å². The molecule has 1 heterocycles. The van der Waals surface area contributed by atoms with Crippen LogP contribution in [0.4, 0.5) is 5.69 Å². The summed E-state index contributed by atoms with van der Waals surface area (Å²) in [6.07, 6.45) is 1.76. The number of nitrogens with zero attached hydrogens (tertiary/aromatic N) is 2. The Morgan fingerprint density at radius 1 is 1.00 bits per heavy atom. The van der Waals surface area contributed by atoms with Gasteiger partial charge in [0.15, 0.2) is 11.5 Å². The van der Waals surface area contributed by atoms with Gasteiger partial charge in [0, 0.05) is 0 Å². The van der Waals surface area contributed by atoms with Crippen molar-refractivity contribution in [1.29, 1.82) is 0 Å². The van der Waals surface area contributed by atoms with Gasteiger partial charge in [0.2, 0.25) is 0 Å². The molecule has 0 bridgehead atoms. The molecule has 5 nitrogen and oxygen atoms in total. The first kappa shape index (κ1) is 18.3. The van der Waals surface area contributed by atoms with Gasteiger partial charge in [-0.25, -0.2) is 0 Å². The van der Waals surface area contributed by atoms with Crippen LogP contribution in [0.2, 0.25) is 10.0 Å². The lowest BCUT2D eigenvalue weighted by Gasteiger charge is -2.12. The summed E-state index contributed by atoms with van der Waals surface area (Å²) in [4.78, 5) is 12.8. The Kier molecular flexibility index (Phi) is 5.20. The molecule has 0 aliphatic carbocycles. The Morgan fingerprint density at radius 2 is 1.73 bits per heavy atom. The maximum atomic E-state index is 12.8. The van der Waals surface area contributed by atoms with Crippen LogP contribution in [-0.4, -0.2) is 25.8 Å². The number of halogens is 2. The molecule has 2 aromatic rings. The molecule has 0 spiro atoms. The number of methoxy groups -OCH3 is 2. The van der Waals surface area contributed by atoms with Gasteiger partial charge in [-0.3, -0.25) is 4.79 Å². The van der Waals surface area contributed by atoms with E-state index >= 15 is 0 Å². The maximum Gasteiger partial charge on any atom is 0.280 e. The molecule has 26 heavy (non-hydrogen) atoms. The molecule has 0 fully saturated rings. The van der Waals surface area contributed by atoms with E-state index in [0.717, 1.165) is 5.56 Å². The minimum Gasteiger partial charge on any atom is -0.493 e. The second kappa shape index (κ2) is 7.40. The Bertz CT molecular complexity index is 938. The summed E-state index contributed by atoms with van der Waals surface area (Å²) in [5, 5.41) is 6.43. The lowest BCUT2D eigenvalue weighted by atomic mass is 10.1. The first-order chi connectivity index (χ1) is 12.4. The Balaban J connectivity index is 1.95. The van der Waals surface area contributed by atoms with E-state index in [-0.39, 0.29) is 5.91 Å². The van der Waals surface area contributed by atoms with Crippen molar-refractivity contribution in [3.05, 3.63) is 57.6 Å². The van der Waals surface area contributed by atoms with E-state index in [1.807, 2.05) is 6.07 Å². The average molecular weight is 391 g/mol. The predicted molar refractivity (Wildman–Crippen MR) is 105 cm³/mol. The highest BCUT2D eigenvalue weighted by Crippen LogP contribution is 2.32. The molecule has 3 rings (SSSR count). The van der Waals surface area contributed by atoms with E-state index in [0.29, 0.717) is 38.5 Å². The Labute approximate surface area is 161 Å². The van der Waals surface area contributed by atoms with Crippen LogP contribution in [0.3, 0.4) is 0 Å². The highest BCUT2D eigenvalue weighted by Gasteiger charge is 2.29. The van der Waals surface area contributed by atoms with Crippen LogP contribution in [0.15, 0.2) is 47.1 Å². The van der Waals surface area contributed by atoms with Gasteiger partial charge in [0.05, 0.1) is 41.2 Å². The van der Waals surface area contributed by atoms with Crippen molar-refractivity contribution in [3.63, 3.8) is 0 Å². The van der Waals surface area contributed by atoms with Gasteiger partial charge in [-0.2, -0.15) is 10.1 Å². The average Bonchev–Trinajstić information content (AvgIpc) is 2.92. The summed E-state index contributed by atoms with van der Waals surface area (Å²) >= 11 is 12.0. The number of amides is 1. The van der Waals surface area contributed by atoms with E-state index in [1.54, 1.807) is 57.6 Å². The van der Waals surface area contributed by atoms with Gasteiger partial charge in [-0.05, 0) is 48.9 Å². The number of hydrazone groups is 1. The Morgan fingerprint density at radius 3 is 2.38 bits per heavy atom. The number of carbonyl (C=O) groups excluding carboxylic acids is 1. The zero-order valence-corrected chi connectivity index (χ0v) is 15.9. The fraction of sp³-hybridized carbons (Fsp3) is 0.158. The fourth-order valence-corrected chi connectivity index (χ4v) is 2.88. The second-order valence-corrected chi connectivity index (χ2v) is 6.39. The van der Waals surface area contributed by atoms with E-state index in [1.165, 1.54) is 5.01 Å². The van der Waals surface area contributed by atoms with Gasteiger partial charge in [0.1, 0.15) is 0 Å². The molecule has 2 aromatic carbocycles. The van der Waals surface area contributed by atoms with Gasteiger partial charge >= 0.3 is 0 Å². The number of hydrogen-bond acceptors (Lipinski definition) is 4. The minimum atomic E-state index is -0.240. The highest BCUT2D eigenvalue weighted by atomic mass is 35.5. The molecule has 0 saturated heterocycles. The van der Waals surface area contributed by atoms with E-state index < -0.39 is 0 Å². The first-order valence-corrected chi connectivity index (χ1v) is 8.49. The van der Waals surface area contributed by atoms with Crippen molar-refractivity contribution in [3.8, 4) is 11.5 Å². The number of ether oxygens (including phenoxy) is 2. The SMILES string of the molecule is COc1ccc(/C=C2\C(=O)N(c3ccc(Cl)c(Cl)c3)N=C2C)cc1OC. The molecule has 1 aliphatic rings. The van der Waals surface area contributed by atoms with Crippen LogP contribution in [-0.2, 0) is 4.79 Å². The smallest absolute Gasteiger partial charge is 0.280 e. The molecule has 0 N–H and O–H groups in total. The van der Waals surface area contributed by atoms with Gasteiger partial charge in [0.25, 0.3) is 5.91 Å². The molecular weight excluding hydrogens is 375 g/mol. The Hall–Kier alpha value is -2.50. The van der Waals surface area contributed by atoms with Crippen LogP contribution in [0, 0.1) is 0 Å². The van der Waals surface area contributed by atoms with Crippen LogP contribution in [0.5, 0.6) is 11.5 Å². The summed E-state index contributed by atoms with van der Waals surface area (Å²) < 4.78 is 10.5. The predicted octanol–water partition coefficient (Wildman–Crippen LogP) is 4.82. The summed E-state index contributed by atoms with van der Waals surface area (Å²) in [5.74, 6) is 0.967. The second-order valence-electron chi connectivity index (χ2n) is 5.57. The lowest BCUT2D eigenvalue weighted by Crippen LogP contribution is -2.21. The number of anilines is 1. The van der Waals surface area contributed by atoms with E-state index in [2.05, 4.69) is 5.10 Å². The van der Waals surface area contributed by atoms with E-state index in [4.69, 9.17) is 32.7 Å². The standard InChI is InChI=1S/C19H16Cl2N2O3/c1-11-14(8-12-4-7-17(25-2)18(9-12)26-3)19(24)23(22-11)13-5-6-15(20)16(21)10-13/h4-10H,1-3H3/b14-8-. The number of benzene rings is 2. The molecular formula is C19H16Cl2N2O3. The molecule has 0 saturated carbocycles. The zero-order valence-electron chi connectivity index (χ0n) is 14.4. The van der Waals surface area contributed by atoms with Crippen molar-refractivity contribution in [2.24, 2.45) is 5.10 Å². The van der Waals surface area contributed by atoms with Crippen molar-refractivity contribution in [1.82, 2.24) is 0 Å². The largest absolute Gasteiger partial charge is 0.493 e. The van der Waals surface area contributed by atoms with Crippen molar-refractivity contribution in [2.75, 3.05) is 19.2 Å². The molecule has 1 amide bonds. The van der Waals surface area contributed by atoms with Crippen molar-refractivity contribution < 1.29 is 14.3 Å². The maximum absolute atomic E-state index is 12.8. The van der Waals surface area contributed by atoms with Gasteiger partial charge < -0.3 is 9.47 Å². The third-order valence-electron chi connectivity index (χ3n) is 3.93. The first-order valence-electron chi connectivity index (χ1n) is 7.73. The molecule has 7 heteroatoms. The minimum absolute atomic E-state index is 0.240. The van der Waals surface area contributed by atoms with Crippen molar-refractivity contribution >= 4 is 46.6 Å². The molecule has 0 radical (unpaired) electrons. The third-order valence-corrected chi connectivity index (χ3v) is 4.67. The monoisotopic (exact) mass is 390 g/mol. The summed E-state index contributed by atoms with van der Waals surface area (Å²) in [5.41, 5.74) is 2.45. The van der Waals surface area contributed by atoms with Crippen LogP contribution in [0.1, 0.15) is 12.5 Å². The molecule has 134 valence electrons. The molecule has 1 aliphatic heterocycles. The third kappa shape index (κ3) is 3.41. The topological polar surface area (TPSA) is 51.1 Å².